The molecule has 3 rings (SSSR count). The average Bonchev–Trinajstić information content (AvgIpc) is 2.79. The van der Waals surface area contributed by atoms with Gasteiger partial charge < -0.3 is 15.6 Å². The van der Waals surface area contributed by atoms with Crippen molar-refractivity contribution in [1.82, 2.24) is 14.9 Å². The van der Waals surface area contributed by atoms with Crippen LogP contribution < -0.4 is 10.5 Å². The highest BCUT2D eigenvalue weighted by atomic mass is 16.5. The zero-order chi connectivity index (χ0) is 18.1. The van der Waals surface area contributed by atoms with Crippen LogP contribution in [0.25, 0.3) is 11.3 Å². The largest absolute Gasteiger partial charge is 0.504 e. The number of primary amides is 1. The number of carbonyl (C=O) groups is 1. The predicted octanol–water partition coefficient (Wildman–Crippen LogP) is 1.53. The lowest BCUT2D eigenvalue weighted by Crippen LogP contribution is -2.43. The van der Waals surface area contributed by atoms with Crippen LogP contribution in [-0.4, -0.2) is 45.1 Å². The molecule has 7 heteroatoms. The van der Waals surface area contributed by atoms with Crippen LogP contribution in [0.15, 0.2) is 18.3 Å². The number of phenolic OH excluding ortho intramolecular Hbond substituents is 1. The zero-order valence-electron chi connectivity index (χ0n) is 14.6. The van der Waals surface area contributed by atoms with Crippen LogP contribution in [0, 0.1) is 13.8 Å². The number of fused-ring (bicyclic) bond motifs is 1. The molecule has 7 nitrogen and oxygen atoms in total. The molecule has 132 valence electrons. The molecule has 1 amide bonds. The maximum atomic E-state index is 11.5. The molecule has 0 spiro atoms. The number of nitrogens with two attached hydrogens (primary N) is 1. The summed E-state index contributed by atoms with van der Waals surface area (Å²) < 4.78 is 5.70. The van der Waals surface area contributed by atoms with Gasteiger partial charge in [-0.15, -0.1) is 0 Å². The van der Waals surface area contributed by atoms with E-state index in [1.165, 1.54) is 0 Å². The molecule has 0 bridgehead atoms. The van der Waals surface area contributed by atoms with Crippen molar-refractivity contribution in [2.75, 3.05) is 13.2 Å². The molecular weight excluding hydrogens is 320 g/mol. The van der Waals surface area contributed by atoms with E-state index >= 15 is 0 Å². The molecule has 0 saturated heterocycles. The summed E-state index contributed by atoms with van der Waals surface area (Å²) in [4.78, 5) is 22.3. The van der Waals surface area contributed by atoms with E-state index in [1.54, 1.807) is 19.2 Å². The smallest absolute Gasteiger partial charge is 0.234 e. The first kappa shape index (κ1) is 17.2. The van der Waals surface area contributed by atoms with Gasteiger partial charge in [-0.2, -0.15) is 0 Å². The van der Waals surface area contributed by atoms with Crippen LogP contribution in [0.5, 0.6) is 11.5 Å². The van der Waals surface area contributed by atoms with Crippen LogP contribution in [0.2, 0.25) is 0 Å². The molecule has 3 N–H and O–H groups in total. The lowest BCUT2D eigenvalue weighted by atomic mass is 10.0. The van der Waals surface area contributed by atoms with Crippen LogP contribution in [0.4, 0.5) is 0 Å². The summed E-state index contributed by atoms with van der Waals surface area (Å²) in [6, 6.07) is 3.15. The number of nitrogens with zero attached hydrogens (tertiary/aromatic N) is 3. The molecule has 0 aliphatic carbocycles. The summed E-state index contributed by atoms with van der Waals surface area (Å²) in [6.07, 6.45) is 1.71. The van der Waals surface area contributed by atoms with Crippen molar-refractivity contribution in [2.24, 2.45) is 5.73 Å². The van der Waals surface area contributed by atoms with Gasteiger partial charge >= 0.3 is 0 Å². The van der Waals surface area contributed by atoms with Crippen molar-refractivity contribution in [3.8, 4) is 22.8 Å². The fourth-order valence-electron chi connectivity index (χ4n) is 2.98. The number of rotatable bonds is 3. The quantitative estimate of drug-likeness (QED) is 0.877. The van der Waals surface area contributed by atoms with E-state index < -0.39 is 6.04 Å². The molecule has 1 unspecified atom stereocenters. The molecule has 0 radical (unpaired) electrons. The Hall–Kier alpha value is -2.67. The van der Waals surface area contributed by atoms with Crippen molar-refractivity contribution in [2.45, 2.75) is 33.4 Å². The van der Waals surface area contributed by atoms with Gasteiger partial charge in [0.1, 0.15) is 6.61 Å². The number of hydrogen-bond acceptors (Lipinski definition) is 6. The number of hydrogen-bond donors (Lipinski definition) is 2. The van der Waals surface area contributed by atoms with Gasteiger partial charge in [0.05, 0.1) is 23.1 Å². The number of amides is 1. The van der Waals surface area contributed by atoms with E-state index in [1.807, 2.05) is 24.8 Å². The van der Waals surface area contributed by atoms with Gasteiger partial charge in [-0.25, -0.2) is 4.98 Å². The average molecular weight is 342 g/mol. The zero-order valence-corrected chi connectivity index (χ0v) is 14.6. The molecule has 0 fully saturated rings. The molecule has 0 saturated carbocycles. The Labute approximate surface area is 146 Å². The molecule has 2 heterocycles. The van der Waals surface area contributed by atoms with Crippen molar-refractivity contribution in [3.05, 3.63) is 35.3 Å². The van der Waals surface area contributed by atoms with Crippen molar-refractivity contribution in [1.29, 1.82) is 0 Å². The summed E-state index contributed by atoms with van der Waals surface area (Å²) in [7, 11) is 0. The number of benzene rings is 1. The molecular formula is C18H22N4O3. The Morgan fingerprint density at radius 3 is 2.88 bits per heavy atom. The Morgan fingerprint density at radius 2 is 2.16 bits per heavy atom. The van der Waals surface area contributed by atoms with Gasteiger partial charge in [-0.1, -0.05) is 0 Å². The van der Waals surface area contributed by atoms with Gasteiger partial charge in [0.15, 0.2) is 11.5 Å². The Morgan fingerprint density at radius 1 is 1.40 bits per heavy atom. The third-order valence-corrected chi connectivity index (χ3v) is 4.45. The number of aryl methyl sites for hydroxylation is 2. The van der Waals surface area contributed by atoms with Crippen LogP contribution in [0.3, 0.4) is 0 Å². The number of phenols is 1. The van der Waals surface area contributed by atoms with Crippen LogP contribution >= 0.6 is 0 Å². The number of aromatic nitrogens is 2. The minimum atomic E-state index is -0.416. The van der Waals surface area contributed by atoms with Crippen molar-refractivity contribution >= 4 is 5.91 Å². The number of carbonyl (C=O) groups excluding carboxylic acids is 1. The van der Waals surface area contributed by atoms with Gasteiger partial charge in [-0.05, 0) is 32.9 Å². The molecule has 2 aromatic rings. The summed E-state index contributed by atoms with van der Waals surface area (Å²) >= 11 is 0. The molecule has 1 aromatic heterocycles. The van der Waals surface area contributed by atoms with Crippen molar-refractivity contribution in [3.63, 3.8) is 0 Å². The highest BCUT2D eigenvalue weighted by molar-refractivity contribution is 5.79. The third-order valence-electron chi connectivity index (χ3n) is 4.45. The monoisotopic (exact) mass is 342 g/mol. The number of aromatic hydroxyl groups is 1. The minimum Gasteiger partial charge on any atom is -0.504 e. The van der Waals surface area contributed by atoms with E-state index in [4.69, 9.17) is 10.5 Å². The Bertz CT molecular complexity index is 822. The highest BCUT2D eigenvalue weighted by Gasteiger charge is 2.25. The normalized spacial score (nSPS) is 15.8. The lowest BCUT2D eigenvalue weighted by Gasteiger charge is -2.24. The highest BCUT2D eigenvalue weighted by Crippen LogP contribution is 2.37. The summed E-state index contributed by atoms with van der Waals surface area (Å²) in [5.74, 6) is 0.120. The van der Waals surface area contributed by atoms with Gasteiger partial charge in [-0.3, -0.25) is 14.7 Å². The van der Waals surface area contributed by atoms with E-state index in [2.05, 4.69) is 9.97 Å². The van der Waals surface area contributed by atoms with Crippen LogP contribution in [-0.2, 0) is 11.3 Å². The fourth-order valence-corrected chi connectivity index (χ4v) is 2.98. The maximum Gasteiger partial charge on any atom is 0.234 e. The fraction of sp³-hybridized carbons (Fsp3) is 0.389. The van der Waals surface area contributed by atoms with E-state index in [0.29, 0.717) is 25.4 Å². The topological polar surface area (TPSA) is 102 Å². The Balaban J connectivity index is 2.05. The van der Waals surface area contributed by atoms with Gasteiger partial charge in [0.2, 0.25) is 5.91 Å². The third kappa shape index (κ3) is 3.41. The molecule has 25 heavy (non-hydrogen) atoms. The molecule has 1 aliphatic rings. The molecule has 1 aromatic carbocycles. The van der Waals surface area contributed by atoms with E-state index in [0.717, 1.165) is 28.2 Å². The van der Waals surface area contributed by atoms with Crippen LogP contribution in [0.1, 0.15) is 23.9 Å². The van der Waals surface area contributed by atoms with E-state index in [-0.39, 0.29) is 11.7 Å². The molecule has 1 atom stereocenters. The first-order valence-electron chi connectivity index (χ1n) is 8.19. The summed E-state index contributed by atoms with van der Waals surface area (Å²) in [5, 5.41) is 10.4. The maximum absolute atomic E-state index is 11.5. The van der Waals surface area contributed by atoms with E-state index in [9.17, 15) is 9.90 Å². The molecule has 1 aliphatic heterocycles. The first-order chi connectivity index (χ1) is 11.9. The predicted molar refractivity (Wildman–Crippen MR) is 93.2 cm³/mol. The standard InChI is InChI=1S/C18H22N4O3/c1-10-8-20-11(2)16(21-10)13-6-14-9-22(12(3)18(19)24)4-5-25-17(14)15(23)7-13/h6-8,12,23H,4-5,9H2,1-3H3,(H2,19,24). The number of ether oxygens (including phenoxy) is 1. The van der Waals surface area contributed by atoms with Gasteiger partial charge in [0.25, 0.3) is 0 Å². The Kier molecular flexibility index (Phi) is 4.59. The SMILES string of the molecule is Cc1cnc(C)c(-c2cc(O)c3c(c2)CN(C(C)C(N)=O)CCO3)n1. The summed E-state index contributed by atoms with van der Waals surface area (Å²) in [5.41, 5.74) is 9.30. The summed E-state index contributed by atoms with van der Waals surface area (Å²) in [6.45, 7) is 6.91. The second kappa shape index (κ2) is 6.68. The van der Waals surface area contributed by atoms with Crippen molar-refractivity contribution < 1.29 is 14.6 Å². The van der Waals surface area contributed by atoms with Gasteiger partial charge in [0, 0.05) is 30.4 Å². The first-order valence-corrected chi connectivity index (χ1v) is 8.19. The second-order valence-electron chi connectivity index (χ2n) is 6.33. The second-order valence-corrected chi connectivity index (χ2v) is 6.33. The minimum absolute atomic E-state index is 0.0591. The lowest BCUT2D eigenvalue weighted by molar-refractivity contribution is -0.122.